The number of likely N-dealkylation sites (tertiary alicyclic amines) is 1. The second-order valence-electron chi connectivity index (χ2n) is 5.65. The SMILES string of the molecule is CCOc1cccc(CN2CC(CN)CCC2C)c1O. The molecule has 1 aromatic rings. The van der Waals surface area contributed by atoms with Gasteiger partial charge in [-0.2, -0.15) is 0 Å². The molecule has 2 rings (SSSR count). The monoisotopic (exact) mass is 278 g/mol. The second-order valence-corrected chi connectivity index (χ2v) is 5.65. The number of hydrogen-bond donors (Lipinski definition) is 2. The van der Waals surface area contributed by atoms with Crippen molar-refractivity contribution in [3.05, 3.63) is 23.8 Å². The predicted octanol–water partition coefficient (Wildman–Crippen LogP) is 2.35. The van der Waals surface area contributed by atoms with Gasteiger partial charge in [0.15, 0.2) is 11.5 Å². The summed E-state index contributed by atoms with van der Waals surface area (Å²) in [6.07, 6.45) is 2.38. The summed E-state index contributed by atoms with van der Waals surface area (Å²) in [4.78, 5) is 2.41. The van der Waals surface area contributed by atoms with Crippen LogP contribution in [-0.2, 0) is 6.54 Å². The van der Waals surface area contributed by atoms with Gasteiger partial charge in [0.2, 0.25) is 0 Å². The molecule has 0 aromatic heterocycles. The zero-order valence-electron chi connectivity index (χ0n) is 12.5. The van der Waals surface area contributed by atoms with Crippen LogP contribution >= 0.6 is 0 Å². The van der Waals surface area contributed by atoms with Crippen LogP contribution in [0.5, 0.6) is 11.5 Å². The first-order chi connectivity index (χ1) is 9.65. The molecular weight excluding hydrogens is 252 g/mol. The van der Waals surface area contributed by atoms with E-state index in [2.05, 4.69) is 11.8 Å². The molecular formula is C16H26N2O2. The average molecular weight is 278 g/mol. The van der Waals surface area contributed by atoms with E-state index in [1.807, 2.05) is 25.1 Å². The summed E-state index contributed by atoms with van der Waals surface area (Å²) in [5.41, 5.74) is 6.73. The molecule has 1 fully saturated rings. The maximum Gasteiger partial charge on any atom is 0.162 e. The molecule has 20 heavy (non-hydrogen) atoms. The Morgan fingerprint density at radius 1 is 1.40 bits per heavy atom. The Kier molecular flexibility index (Phi) is 5.26. The molecule has 0 bridgehead atoms. The summed E-state index contributed by atoms with van der Waals surface area (Å²) < 4.78 is 5.45. The van der Waals surface area contributed by atoms with Crippen LogP contribution in [0.15, 0.2) is 18.2 Å². The number of phenols is 1. The summed E-state index contributed by atoms with van der Waals surface area (Å²) in [5, 5.41) is 10.3. The Bertz CT molecular complexity index is 436. The lowest BCUT2D eigenvalue weighted by molar-refractivity contribution is 0.112. The van der Waals surface area contributed by atoms with Gasteiger partial charge in [-0.1, -0.05) is 12.1 Å². The Balaban J connectivity index is 2.10. The van der Waals surface area contributed by atoms with Gasteiger partial charge in [-0.3, -0.25) is 4.90 Å². The third-order valence-corrected chi connectivity index (χ3v) is 4.20. The van der Waals surface area contributed by atoms with E-state index in [0.29, 0.717) is 24.3 Å². The number of hydrogen-bond acceptors (Lipinski definition) is 4. The third-order valence-electron chi connectivity index (χ3n) is 4.20. The van der Waals surface area contributed by atoms with E-state index in [-0.39, 0.29) is 5.75 Å². The maximum absolute atomic E-state index is 10.3. The second kappa shape index (κ2) is 6.95. The normalized spacial score (nSPS) is 23.8. The minimum Gasteiger partial charge on any atom is -0.504 e. The van der Waals surface area contributed by atoms with Crippen molar-refractivity contribution in [2.24, 2.45) is 11.7 Å². The van der Waals surface area contributed by atoms with E-state index < -0.39 is 0 Å². The van der Waals surface area contributed by atoms with Crippen molar-refractivity contribution in [3.63, 3.8) is 0 Å². The molecule has 0 amide bonds. The number of piperidine rings is 1. The first kappa shape index (κ1) is 15.1. The fourth-order valence-electron chi connectivity index (χ4n) is 2.86. The van der Waals surface area contributed by atoms with Crippen molar-refractivity contribution in [3.8, 4) is 11.5 Å². The quantitative estimate of drug-likeness (QED) is 0.868. The minimum absolute atomic E-state index is 0.274. The smallest absolute Gasteiger partial charge is 0.162 e. The summed E-state index contributed by atoms with van der Waals surface area (Å²) in [7, 11) is 0. The van der Waals surface area contributed by atoms with E-state index in [9.17, 15) is 5.11 Å². The molecule has 1 heterocycles. The van der Waals surface area contributed by atoms with Crippen LogP contribution in [0.3, 0.4) is 0 Å². The van der Waals surface area contributed by atoms with Crippen molar-refractivity contribution in [2.45, 2.75) is 39.3 Å². The standard InChI is InChI=1S/C16H26N2O2/c1-3-20-15-6-4-5-14(16(15)19)11-18-10-13(9-17)8-7-12(18)2/h4-6,12-13,19H,3,7-11,17H2,1-2H3. The first-order valence-electron chi connectivity index (χ1n) is 7.53. The van der Waals surface area contributed by atoms with Crippen LogP contribution in [0.25, 0.3) is 0 Å². The number of phenolic OH excluding ortho intramolecular Hbond substituents is 1. The van der Waals surface area contributed by atoms with Gasteiger partial charge in [0.05, 0.1) is 6.61 Å². The first-order valence-corrected chi connectivity index (χ1v) is 7.53. The van der Waals surface area contributed by atoms with Gasteiger partial charge in [0, 0.05) is 24.7 Å². The molecule has 112 valence electrons. The molecule has 4 nitrogen and oxygen atoms in total. The molecule has 1 aromatic carbocycles. The number of aromatic hydroxyl groups is 1. The Hall–Kier alpha value is -1.26. The van der Waals surface area contributed by atoms with E-state index in [4.69, 9.17) is 10.5 Å². The highest BCUT2D eigenvalue weighted by atomic mass is 16.5. The molecule has 2 atom stereocenters. The highest BCUT2D eigenvalue weighted by molar-refractivity contribution is 5.45. The predicted molar refractivity (Wildman–Crippen MR) is 80.9 cm³/mol. The number of rotatable bonds is 5. The van der Waals surface area contributed by atoms with Gasteiger partial charge in [-0.25, -0.2) is 0 Å². The maximum atomic E-state index is 10.3. The average Bonchev–Trinajstić information content (AvgIpc) is 2.45. The Labute approximate surface area is 121 Å². The number of para-hydroxylation sites is 1. The number of nitrogens with two attached hydrogens (primary N) is 1. The molecule has 0 radical (unpaired) electrons. The van der Waals surface area contributed by atoms with E-state index in [0.717, 1.165) is 25.2 Å². The molecule has 3 N–H and O–H groups in total. The largest absolute Gasteiger partial charge is 0.504 e. The van der Waals surface area contributed by atoms with Crippen molar-refractivity contribution in [1.82, 2.24) is 4.90 Å². The van der Waals surface area contributed by atoms with Crippen molar-refractivity contribution in [2.75, 3.05) is 19.7 Å². The van der Waals surface area contributed by atoms with E-state index >= 15 is 0 Å². The lowest BCUT2D eigenvalue weighted by Crippen LogP contribution is -2.43. The molecule has 1 aliphatic rings. The highest BCUT2D eigenvalue weighted by Crippen LogP contribution is 2.32. The summed E-state index contributed by atoms with van der Waals surface area (Å²) in [5.74, 6) is 1.42. The Morgan fingerprint density at radius 3 is 2.90 bits per heavy atom. The number of ether oxygens (including phenoxy) is 1. The molecule has 0 spiro atoms. The van der Waals surface area contributed by atoms with Crippen molar-refractivity contribution >= 4 is 0 Å². The van der Waals surface area contributed by atoms with Gasteiger partial charge in [-0.05, 0) is 45.2 Å². The third kappa shape index (κ3) is 3.44. The molecule has 1 aliphatic heterocycles. The summed E-state index contributed by atoms with van der Waals surface area (Å²) >= 11 is 0. The van der Waals surface area contributed by atoms with E-state index in [1.165, 1.54) is 12.8 Å². The van der Waals surface area contributed by atoms with Gasteiger partial charge < -0.3 is 15.6 Å². The van der Waals surface area contributed by atoms with Crippen LogP contribution in [0.4, 0.5) is 0 Å². The van der Waals surface area contributed by atoms with Crippen molar-refractivity contribution in [1.29, 1.82) is 0 Å². The summed E-state index contributed by atoms with van der Waals surface area (Å²) in [6, 6.07) is 6.25. The van der Waals surface area contributed by atoms with Gasteiger partial charge in [-0.15, -0.1) is 0 Å². The summed E-state index contributed by atoms with van der Waals surface area (Å²) in [6.45, 7) is 7.24. The highest BCUT2D eigenvalue weighted by Gasteiger charge is 2.25. The zero-order chi connectivity index (χ0) is 14.5. The molecule has 1 saturated heterocycles. The lowest BCUT2D eigenvalue weighted by atomic mass is 9.93. The van der Waals surface area contributed by atoms with Crippen LogP contribution in [0, 0.1) is 5.92 Å². The topological polar surface area (TPSA) is 58.7 Å². The minimum atomic E-state index is 0.274. The van der Waals surface area contributed by atoms with Crippen molar-refractivity contribution < 1.29 is 9.84 Å². The number of benzene rings is 1. The van der Waals surface area contributed by atoms with Gasteiger partial charge in [0.1, 0.15) is 0 Å². The molecule has 0 aliphatic carbocycles. The number of nitrogens with zero attached hydrogens (tertiary/aromatic N) is 1. The van der Waals surface area contributed by atoms with Crippen LogP contribution in [0.1, 0.15) is 32.3 Å². The lowest BCUT2D eigenvalue weighted by Gasteiger charge is -2.37. The fourth-order valence-corrected chi connectivity index (χ4v) is 2.86. The van der Waals surface area contributed by atoms with E-state index in [1.54, 1.807) is 0 Å². The van der Waals surface area contributed by atoms with Gasteiger partial charge in [0.25, 0.3) is 0 Å². The zero-order valence-corrected chi connectivity index (χ0v) is 12.5. The molecule has 4 heteroatoms. The van der Waals surface area contributed by atoms with Crippen LogP contribution in [0.2, 0.25) is 0 Å². The van der Waals surface area contributed by atoms with Crippen LogP contribution in [-0.4, -0.2) is 35.7 Å². The fraction of sp³-hybridized carbons (Fsp3) is 0.625. The van der Waals surface area contributed by atoms with Gasteiger partial charge >= 0.3 is 0 Å². The van der Waals surface area contributed by atoms with Crippen LogP contribution < -0.4 is 10.5 Å². The Morgan fingerprint density at radius 2 is 2.20 bits per heavy atom. The molecule has 2 unspecified atom stereocenters. The molecule has 0 saturated carbocycles.